The lowest BCUT2D eigenvalue weighted by Gasteiger charge is -2.05. The van der Waals surface area contributed by atoms with Crippen LogP contribution in [0.4, 0.5) is 5.82 Å². The first-order valence-electron chi connectivity index (χ1n) is 4.53. The normalized spacial score (nSPS) is 10.1. The molecule has 0 atom stereocenters. The second kappa shape index (κ2) is 5.17. The van der Waals surface area contributed by atoms with E-state index < -0.39 is 0 Å². The molecule has 0 bridgehead atoms. The molecule has 72 valence electrons. The van der Waals surface area contributed by atoms with E-state index in [1.54, 1.807) is 0 Å². The molecule has 3 nitrogen and oxygen atoms in total. The van der Waals surface area contributed by atoms with E-state index in [1.165, 1.54) is 0 Å². The molecule has 0 radical (unpaired) electrons. The van der Waals surface area contributed by atoms with Crippen molar-refractivity contribution in [1.82, 2.24) is 9.97 Å². The van der Waals surface area contributed by atoms with Crippen molar-refractivity contribution in [1.29, 1.82) is 0 Å². The van der Waals surface area contributed by atoms with Gasteiger partial charge in [0.15, 0.2) is 0 Å². The van der Waals surface area contributed by atoms with Crippen molar-refractivity contribution in [2.75, 3.05) is 11.9 Å². The Labute approximate surface area is 87.1 Å². The van der Waals surface area contributed by atoms with Crippen molar-refractivity contribution in [3.05, 3.63) is 16.5 Å². The van der Waals surface area contributed by atoms with Gasteiger partial charge in [-0.05, 0) is 22.4 Å². The van der Waals surface area contributed by atoms with Gasteiger partial charge < -0.3 is 5.32 Å². The van der Waals surface area contributed by atoms with E-state index in [4.69, 9.17) is 0 Å². The highest BCUT2D eigenvalue weighted by Crippen LogP contribution is 2.12. The van der Waals surface area contributed by atoms with E-state index >= 15 is 0 Å². The summed E-state index contributed by atoms with van der Waals surface area (Å²) in [6, 6.07) is 1.90. The second-order valence-corrected chi connectivity index (χ2v) is 3.58. The molecule has 0 spiro atoms. The molecule has 0 amide bonds. The van der Waals surface area contributed by atoms with Gasteiger partial charge in [-0.3, -0.25) is 0 Å². The standard InChI is InChI=1S/C9H14BrN3/c1-3-5-11-9-6-7(10)12-8(4-2)13-9/h6H,3-5H2,1-2H3,(H,11,12,13). The monoisotopic (exact) mass is 243 g/mol. The van der Waals surface area contributed by atoms with Gasteiger partial charge in [0.1, 0.15) is 16.2 Å². The minimum atomic E-state index is 0.845. The Bertz CT molecular complexity index is 276. The Morgan fingerprint density at radius 3 is 2.77 bits per heavy atom. The average Bonchev–Trinajstić information content (AvgIpc) is 2.14. The number of hydrogen-bond donors (Lipinski definition) is 1. The highest BCUT2D eigenvalue weighted by Gasteiger charge is 1.99. The van der Waals surface area contributed by atoms with Crippen molar-refractivity contribution < 1.29 is 0 Å². The predicted molar refractivity (Wildman–Crippen MR) is 57.9 cm³/mol. The number of halogens is 1. The van der Waals surface area contributed by atoms with Crippen LogP contribution >= 0.6 is 15.9 Å². The quantitative estimate of drug-likeness (QED) is 0.827. The maximum absolute atomic E-state index is 4.34. The highest BCUT2D eigenvalue weighted by atomic mass is 79.9. The largest absolute Gasteiger partial charge is 0.370 e. The van der Waals surface area contributed by atoms with Crippen molar-refractivity contribution in [2.45, 2.75) is 26.7 Å². The van der Waals surface area contributed by atoms with E-state index in [9.17, 15) is 0 Å². The minimum absolute atomic E-state index is 0.845. The van der Waals surface area contributed by atoms with Crippen LogP contribution in [-0.2, 0) is 6.42 Å². The number of aryl methyl sites for hydroxylation is 1. The van der Waals surface area contributed by atoms with Crippen LogP contribution in [0.1, 0.15) is 26.1 Å². The second-order valence-electron chi connectivity index (χ2n) is 2.77. The Hall–Kier alpha value is -0.640. The van der Waals surface area contributed by atoms with Crippen LogP contribution in [0.5, 0.6) is 0 Å². The molecule has 0 saturated carbocycles. The number of rotatable bonds is 4. The molecule has 0 unspecified atom stereocenters. The molecule has 1 N–H and O–H groups in total. The number of nitrogens with zero attached hydrogens (tertiary/aromatic N) is 2. The third-order valence-corrected chi connectivity index (χ3v) is 2.02. The SMILES string of the molecule is CCCNc1cc(Br)nc(CC)n1. The van der Waals surface area contributed by atoms with Gasteiger partial charge in [-0.2, -0.15) is 0 Å². The van der Waals surface area contributed by atoms with Gasteiger partial charge >= 0.3 is 0 Å². The summed E-state index contributed by atoms with van der Waals surface area (Å²) in [6.07, 6.45) is 1.96. The molecular formula is C9H14BrN3. The third kappa shape index (κ3) is 3.30. The molecule has 0 aliphatic heterocycles. The fourth-order valence-electron chi connectivity index (χ4n) is 0.966. The van der Waals surface area contributed by atoms with Gasteiger partial charge in [-0.15, -0.1) is 0 Å². The Morgan fingerprint density at radius 2 is 2.15 bits per heavy atom. The first kappa shape index (κ1) is 10.4. The van der Waals surface area contributed by atoms with Gasteiger partial charge in [0.25, 0.3) is 0 Å². The molecule has 1 aromatic heterocycles. The van der Waals surface area contributed by atoms with Crippen LogP contribution in [0.3, 0.4) is 0 Å². The minimum Gasteiger partial charge on any atom is -0.370 e. The molecule has 1 aromatic rings. The topological polar surface area (TPSA) is 37.8 Å². The van der Waals surface area contributed by atoms with E-state index in [0.29, 0.717) is 0 Å². The third-order valence-electron chi connectivity index (χ3n) is 1.61. The molecule has 0 aliphatic rings. The first-order chi connectivity index (χ1) is 6.26. The van der Waals surface area contributed by atoms with Gasteiger partial charge in [-0.1, -0.05) is 13.8 Å². The van der Waals surface area contributed by atoms with Gasteiger partial charge in [0, 0.05) is 19.0 Å². The molecule has 13 heavy (non-hydrogen) atoms. The van der Waals surface area contributed by atoms with Crippen LogP contribution in [0.25, 0.3) is 0 Å². The van der Waals surface area contributed by atoms with Gasteiger partial charge in [0.05, 0.1) is 0 Å². The van der Waals surface area contributed by atoms with Crippen molar-refractivity contribution in [2.24, 2.45) is 0 Å². The Kier molecular flexibility index (Phi) is 4.15. The zero-order valence-corrected chi connectivity index (χ0v) is 9.56. The van der Waals surface area contributed by atoms with E-state index in [-0.39, 0.29) is 0 Å². The zero-order valence-electron chi connectivity index (χ0n) is 7.97. The first-order valence-corrected chi connectivity index (χ1v) is 5.33. The summed E-state index contributed by atoms with van der Waals surface area (Å²) in [4.78, 5) is 8.56. The fourth-order valence-corrected chi connectivity index (χ4v) is 1.39. The summed E-state index contributed by atoms with van der Waals surface area (Å²) in [5.41, 5.74) is 0. The van der Waals surface area contributed by atoms with Crippen LogP contribution < -0.4 is 5.32 Å². The van der Waals surface area contributed by atoms with Crippen LogP contribution in [0.15, 0.2) is 10.7 Å². The number of nitrogens with one attached hydrogen (secondary N) is 1. The van der Waals surface area contributed by atoms with Gasteiger partial charge in [-0.25, -0.2) is 9.97 Å². The lowest BCUT2D eigenvalue weighted by atomic mass is 10.4. The number of hydrogen-bond acceptors (Lipinski definition) is 3. The summed E-state index contributed by atoms with van der Waals surface area (Å²) >= 11 is 3.35. The number of aromatic nitrogens is 2. The molecule has 0 fully saturated rings. The number of anilines is 1. The zero-order chi connectivity index (χ0) is 9.68. The fraction of sp³-hybridized carbons (Fsp3) is 0.556. The summed E-state index contributed by atoms with van der Waals surface area (Å²) < 4.78 is 0.845. The molecule has 1 rings (SSSR count). The molecule has 4 heteroatoms. The van der Waals surface area contributed by atoms with Crippen LogP contribution in [0.2, 0.25) is 0 Å². The summed E-state index contributed by atoms with van der Waals surface area (Å²) in [7, 11) is 0. The Balaban J connectivity index is 2.76. The lowest BCUT2D eigenvalue weighted by molar-refractivity contribution is 0.908. The summed E-state index contributed by atoms with van der Waals surface area (Å²) in [6.45, 7) is 5.13. The van der Waals surface area contributed by atoms with Crippen molar-refractivity contribution in [3.8, 4) is 0 Å². The average molecular weight is 244 g/mol. The molecule has 1 heterocycles. The van der Waals surface area contributed by atoms with Gasteiger partial charge in [0.2, 0.25) is 0 Å². The van der Waals surface area contributed by atoms with E-state index in [2.05, 4.69) is 38.1 Å². The van der Waals surface area contributed by atoms with Crippen LogP contribution in [-0.4, -0.2) is 16.5 Å². The molecule has 0 aliphatic carbocycles. The molecular weight excluding hydrogens is 230 g/mol. The lowest BCUT2D eigenvalue weighted by Crippen LogP contribution is -2.04. The maximum atomic E-state index is 4.34. The predicted octanol–water partition coefficient (Wildman–Crippen LogP) is 2.62. The molecule has 0 saturated heterocycles. The Morgan fingerprint density at radius 1 is 1.38 bits per heavy atom. The van der Waals surface area contributed by atoms with Crippen molar-refractivity contribution in [3.63, 3.8) is 0 Å². The van der Waals surface area contributed by atoms with E-state index in [1.807, 2.05) is 13.0 Å². The molecule has 0 aromatic carbocycles. The highest BCUT2D eigenvalue weighted by molar-refractivity contribution is 9.10. The van der Waals surface area contributed by atoms with Crippen molar-refractivity contribution >= 4 is 21.7 Å². The smallest absolute Gasteiger partial charge is 0.131 e. The van der Waals surface area contributed by atoms with E-state index in [0.717, 1.165) is 35.6 Å². The summed E-state index contributed by atoms with van der Waals surface area (Å²) in [5.74, 6) is 1.77. The van der Waals surface area contributed by atoms with Crippen LogP contribution in [0, 0.1) is 0 Å². The maximum Gasteiger partial charge on any atom is 0.131 e. The summed E-state index contributed by atoms with van der Waals surface area (Å²) in [5, 5.41) is 3.23.